The van der Waals surface area contributed by atoms with Crippen LogP contribution in [0.2, 0.25) is 0 Å². The van der Waals surface area contributed by atoms with E-state index in [1.807, 2.05) is 12.1 Å². The summed E-state index contributed by atoms with van der Waals surface area (Å²) < 4.78 is 0. The van der Waals surface area contributed by atoms with Crippen molar-refractivity contribution in [3.8, 4) is 0 Å². The SMILES string of the molecule is CCCC1(CCC(C)=O)Cc2cc(C)ccc2C1=O. The molecule has 0 saturated heterocycles. The summed E-state index contributed by atoms with van der Waals surface area (Å²) in [5, 5.41) is 0. The van der Waals surface area contributed by atoms with Gasteiger partial charge in [-0.15, -0.1) is 0 Å². The lowest BCUT2D eigenvalue weighted by molar-refractivity contribution is -0.117. The summed E-state index contributed by atoms with van der Waals surface area (Å²) in [6, 6.07) is 6.08. The third kappa shape index (κ3) is 2.63. The Morgan fingerprint density at radius 1 is 1.32 bits per heavy atom. The van der Waals surface area contributed by atoms with Gasteiger partial charge in [0, 0.05) is 17.4 Å². The molecule has 0 heterocycles. The molecular weight excluding hydrogens is 236 g/mol. The first-order valence-corrected chi connectivity index (χ1v) is 7.12. The average Bonchev–Trinajstić information content (AvgIpc) is 2.61. The maximum absolute atomic E-state index is 12.7. The van der Waals surface area contributed by atoms with Crippen molar-refractivity contribution in [1.82, 2.24) is 0 Å². The van der Waals surface area contributed by atoms with Crippen LogP contribution < -0.4 is 0 Å². The summed E-state index contributed by atoms with van der Waals surface area (Å²) >= 11 is 0. The molecule has 19 heavy (non-hydrogen) atoms. The number of benzene rings is 1. The van der Waals surface area contributed by atoms with Crippen molar-refractivity contribution in [3.63, 3.8) is 0 Å². The van der Waals surface area contributed by atoms with E-state index in [0.29, 0.717) is 12.8 Å². The first kappa shape index (κ1) is 14.0. The molecule has 0 N–H and O–H groups in total. The second-order valence-electron chi connectivity index (χ2n) is 5.90. The lowest BCUT2D eigenvalue weighted by Gasteiger charge is -2.26. The van der Waals surface area contributed by atoms with Crippen molar-refractivity contribution < 1.29 is 9.59 Å². The molecule has 0 fully saturated rings. The molecule has 0 amide bonds. The maximum atomic E-state index is 12.7. The van der Waals surface area contributed by atoms with Gasteiger partial charge in [-0.1, -0.05) is 37.1 Å². The first-order chi connectivity index (χ1) is 8.98. The van der Waals surface area contributed by atoms with Gasteiger partial charge in [-0.2, -0.15) is 0 Å². The van der Waals surface area contributed by atoms with Crippen LogP contribution in [0, 0.1) is 12.3 Å². The molecule has 0 aliphatic heterocycles. The zero-order valence-electron chi connectivity index (χ0n) is 12.1. The molecule has 1 unspecified atom stereocenters. The highest BCUT2D eigenvalue weighted by Gasteiger charge is 2.44. The fourth-order valence-corrected chi connectivity index (χ4v) is 3.24. The number of ketones is 2. The average molecular weight is 258 g/mol. The topological polar surface area (TPSA) is 34.1 Å². The van der Waals surface area contributed by atoms with Crippen molar-refractivity contribution in [2.24, 2.45) is 5.41 Å². The quantitative estimate of drug-likeness (QED) is 0.803. The molecule has 1 aliphatic rings. The van der Waals surface area contributed by atoms with E-state index in [-0.39, 0.29) is 17.0 Å². The van der Waals surface area contributed by atoms with Gasteiger partial charge < -0.3 is 4.79 Å². The number of hydrogen-bond donors (Lipinski definition) is 0. The Hall–Kier alpha value is -1.44. The minimum atomic E-state index is -0.323. The van der Waals surface area contributed by atoms with Crippen molar-refractivity contribution >= 4 is 11.6 Å². The molecule has 1 atom stereocenters. The van der Waals surface area contributed by atoms with E-state index in [1.54, 1.807) is 6.92 Å². The van der Waals surface area contributed by atoms with Crippen molar-refractivity contribution in [3.05, 3.63) is 34.9 Å². The summed E-state index contributed by atoms with van der Waals surface area (Å²) in [5.41, 5.74) is 2.92. The van der Waals surface area contributed by atoms with E-state index < -0.39 is 0 Å². The normalized spacial score (nSPS) is 21.5. The predicted octanol–water partition coefficient (Wildman–Crippen LogP) is 3.89. The zero-order chi connectivity index (χ0) is 14.0. The third-order valence-electron chi connectivity index (χ3n) is 4.20. The van der Waals surface area contributed by atoms with E-state index in [4.69, 9.17) is 0 Å². The fourth-order valence-electron chi connectivity index (χ4n) is 3.24. The molecule has 0 spiro atoms. The zero-order valence-corrected chi connectivity index (χ0v) is 12.1. The molecule has 1 aliphatic carbocycles. The Morgan fingerprint density at radius 3 is 2.68 bits per heavy atom. The fraction of sp³-hybridized carbons (Fsp3) is 0.529. The highest BCUT2D eigenvalue weighted by atomic mass is 16.1. The lowest BCUT2D eigenvalue weighted by Crippen LogP contribution is -2.28. The summed E-state index contributed by atoms with van der Waals surface area (Å²) in [6.45, 7) is 5.77. The van der Waals surface area contributed by atoms with Crippen LogP contribution in [-0.2, 0) is 11.2 Å². The second-order valence-corrected chi connectivity index (χ2v) is 5.90. The van der Waals surface area contributed by atoms with Gasteiger partial charge in [0.25, 0.3) is 0 Å². The molecule has 0 saturated carbocycles. The van der Waals surface area contributed by atoms with Crippen molar-refractivity contribution in [2.45, 2.75) is 52.9 Å². The van der Waals surface area contributed by atoms with E-state index in [0.717, 1.165) is 24.8 Å². The second kappa shape index (κ2) is 5.28. The molecular formula is C17H22O2. The van der Waals surface area contributed by atoms with Gasteiger partial charge >= 0.3 is 0 Å². The number of rotatable bonds is 5. The molecule has 0 aromatic heterocycles. The number of fused-ring (bicyclic) bond motifs is 1. The van der Waals surface area contributed by atoms with Crippen LogP contribution in [-0.4, -0.2) is 11.6 Å². The molecule has 2 nitrogen and oxygen atoms in total. The number of aryl methyl sites for hydroxylation is 1. The monoisotopic (exact) mass is 258 g/mol. The molecule has 1 aromatic carbocycles. The van der Waals surface area contributed by atoms with Crippen molar-refractivity contribution in [2.75, 3.05) is 0 Å². The lowest BCUT2D eigenvalue weighted by atomic mass is 9.75. The van der Waals surface area contributed by atoms with Gasteiger partial charge in [-0.3, -0.25) is 4.79 Å². The van der Waals surface area contributed by atoms with Gasteiger partial charge in [0.2, 0.25) is 0 Å². The van der Waals surface area contributed by atoms with Gasteiger partial charge in [0.05, 0.1) is 0 Å². The molecule has 2 heteroatoms. The summed E-state index contributed by atoms with van der Waals surface area (Å²) in [4.78, 5) is 24.0. The van der Waals surface area contributed by atoms with E-state index in [2.05, 4.69) is 19.9 Å². The van der Waals surface area contributed by atoms with Crippen LogP contribution in [0.4, 0.5) is 0 Å². The maximum Gasteiger partial charge on any atom is 0.169 e. The van der Waals surface area contributed by atoms with Gasteiger partial charge in [-0.25, -0.2) is 0 Å². The number of hydrogen-bond acceptors (Lipinski definition) is 2. The summed E-state index contributed by atoms with van der Waals surface area (Å²) in [5.74, 6) is 0.431. The van der Waals surface area contributed by atoms with E-state index >= 15 is 0 Å². The first-order valence-electron chi connectivity index (χ1n) is 7.12. The van der Waals surface area contributed by atoms with Crippen LogP contribution in [0.3, 0.4) is 0 Å². The smallest absolute Gasteiger partial charge is 0.169 e. The van der Waals surface area contributed by atoms with Crippen LogP contribution in [0.1, 0.15) is 61.0 Å². The molecule has 0 bridgehead atoms. The van der Waals surface area contributed by atoms with E-state index in [9.17, 15) is 9.59 Å². The van der Waals surface area contributed by atoms with Gasteiger partial charge in [0.15, 0.2) is 5.78 Å². The third-order valence-corrected chi connectivity index (χ3v) is 4.20. The van der Waals surface area contributed by atoms with Gasteiger partial charge in [-0.05, 0) is 38.7 Å². The number of carbonyl (C=O) groups is 2. The summed E-state index contributed by atoms with van der Waals surface area (Å²) in [7, 11) is 0. The Morgan fingerprint density at radius 2 is 2.05 bits per heavy atom. The minimum absolute atomic E-state index is 0.176. The van der Waals surface area contributed by atoms with Gasteiger partial charge in [0.1, 0.15) is 5.78 Å². The molecule has 2 rings (SSSR count). The standard InChI is InChI=1S/C17H22O2/c1-4-8-17(9-7-13(3)18)11-14-10-12(2)5-6-15(14)16(17)19/h5-6,10H,4,7-9,11H2,1-3H3. The highest BCUT2D eigenvalue weighted by molar-refractivity contribution is 6.05. The van der Waals surface area contributed by atoms with Crippen LogP contribution in [0.15, 0.2) is 18.2 Å². The number of carbonyl (C=O) groups excluding carboxylic acids is 2. The molecule has 0 radical (unpaired) electrons. The summed E-state index contributed by atoms with van der Waals surface area (Å²) in [6.07, 6.45) is 3.88. The van der Waals surface area contributed by atoms with E-state index in [1.165, 1.54) is 11.1 Å². The largest absolute Gasteiger partial charge is 0.300 e. The molecule has 102 valence electrons. The predicted molar refractivity (Wildman–Crippen MR) is 76.5 cm³/mol. The highest BCUT2D eigenvalue weighted by Crippen LogP contribution is 2.44. The van der Waals surface area contributed by atoms with Crippen molar-refractivity contribution in [1.29, 1.82) is 0 Å². The van der Waals surface area contributed by atoms with Crippen LogP contribution in [0.5, 0.6) is 0 Å². The van der Waals surface area contributed by atoms with Crippen LogP contribution >= 0.6 is 0 Å². The Bertz CT molecular complexity index is 516. The number of Topliss-reactive ketones (excluding diaryl/α,β-unsaturated/α-hetero) is 2. The molecule has 1 aromatic rings. The Labute approximate surface area is 115 Å². The van der Waals surface area contributed by atoms with Crippen LogP contribution in [0.25, 0.3) is 0 Å². The minimum Gasteiger partial charge on any atom is -0.300 e. The Kier molecular flexibility index (Phi) is 3.88. The Balaban J connectivity index is 2.32.